The Balaban J connectivity index is 1.72. The van der Waals surface area contributed by atoms with E-state index in [1.165, 1.54) is 12.1 Å². The highest BCUT2D eigenvalue weighted by molar-refractivity contribution is 5.68. The van der Waals surface area contributed by atoms with Gasteiger partial charge in [0.2, 0.25) is 0 Å². The Morgan fingerprint density at radius 2 is 2.00 bits per heavy atom. The molecule has 2 aromatic rings. The zero-order valence-corrected chi connectivity index (χ0v) is 17.7. The van der Waals surface area contributed by atoms with Crippen LogP contribution in [-0.2, 0) is 0 Å². The molecular weight excluding hydrogens is 393 g/mol. The van der Waals surface area contributed by atoms with Crippen LogP contribution in [0.15, 0.2) is 24.4 Å². The minimum Gasteiger partial charge on any atom is -0.378 e. The number of benzene rings is 1. The summed E-state index contributed by atoms with van der Waals surface area (Å²) in [5.41, 5.74) is 0.361. The number of hydrogen-bond acceptors (Lipinski definition) is 6. The summed E-state index contributed by atoms with van der Waals surface area (Å²) in [6, 6.07) is 6.75. The lowest BCUT2D eigenvalue weighted by Gasteiger charge is -2.32. The summed E-state index contributed by atoms with van der Waals surface area (Å²) in [5.74, 6) is 6.09. The smallest absolute Gasteiger partial charge is 0.147 e. The molecule has 2 heterocycles. The highest BCUT2D eigenvalue weighted by Crippen LogP contribution is 2.30. The molecule has 6 nitrogen and oxygen atoms in total. The first kappa shape index (κ1) is 21.2. The predicted molar refractivity (Wildman–Crippen MR) is 117 cm³/mol. The first-order chi connectivity index (χ1) is 15.0. The molecule has 2 N–H and O–H groups in total. The number of nitriles is 1. The van der Waals surface area contributed by atoms with Crippen LogP contribution in [0.25, 0.3) is 11.3 Å². The first-order valence-corrected chi connectivity index (χ1v) is 10.8. The van der Waals surface area contributed by atoms with Gasteiger partial charge in [-0.15, -0.1) is 0 Å². The van der Waals surface area contributed by atoms with Crippen molar-refractivity contribution in [3.05, 3.63) is 41.5 Å². The molecule has 1 saturated heterocycles. The van der Waals surface area contributed by atoms with E-state index in [9.17, 15) is 9.50 Å². The van der Waals surface area contributed by atoms with Gasteiger partial charge in [0.25, 0.3) is 0 Å². The van der Waals surface area contributed by atoms with E-state index in [0.717, 1.165) is 44.6 Å². The number of halogens is 1. The van der Waals surface area contributed by atoms with E-state index in [0.29, 0.717) is 35.8 Å². The van der Waals surface area contributed by atoms with Crippen molar-refractivity contribution in [3.63, 3.8) is 0 Å². The van der Waals surface area contributed by atoms with E-state index in [1.807, 2.05) is 13.1 Å². The normalized spacial score (nSPS) is 18.3. The number of anilines is 1. The van der Waals surface area contributed by atoms with Crippen LogP contribution in [0.4, 0.5) is 10.2 Å². The predicted octanol–water partition coefficient (Wildman–Crippen LogP) is 3.00. The molecule has 1 aromatic heterocycles. The number of nitrogens with zero attached hydrogens (tertiary/aromatic N) is 4. The maximum atomic E-state index is 14.3. The minimum absolute atomic E-state index is 0.0186. The maximum Gasteiger partial charge on any atom is 0.147 e. The van der Waals surface area contributed by atoms with Crippen LogP contribution < -0.4 is 10.2 Å². The third-order valence-corrected chi connectivity index (χ3v) is 6.19. The second-order valence-electron chi connectivity index (χ2n) is 8.27. The van der Waals surface area contributed by atoms with Crippen molar-refractivity contribution in [2.45, 2.75) is 50.2 Å². The van der Waals surface area contributed by atoms with Gasteiger partial charge in [-0.25, -0.2) is 14.4 Å². The van der Waals surface area contributed by atoms with Crippen molar-refractivity contribution >= 4 is 5.82 Å². The second kappa shape index (κ2) is 9.01. The van der Waals surface area contributed by atoms with Crippen LogP contribution in [0.1, 0.15) is 49.8 Å². The number of nitrogens with one attached hydrogen (secondary N) is 1. The van der Waals surface area contributed by atoms with Crippen LogP contribution in [0.5, 0.6) is 0 Å². The van der Waals surface area contributed by atoms with Crippen molar-refractivity contribution in [1.29, 1.82) is 5.26 Å². The van der Waals surface area contributed by atoms with E-state index in [2.05, 4.69) is 27.0 Å². The zero-order valence-electron chi connectivity index (χ0n) is 17.7. The summed E-state index contributed by atoms with van der Waals surface area (Å²) in [6.07, 6.45) is 6.91. The van der Waals surface area contributed by atoms with Crippen LogP contribution in [0.3, 0.4) is 0 Å². The third kappa shape index (κ3) is 4.69. The molecule has 0 amide bonds. The highest BCUT2D eigenvalue weighted by atomic mass is 19.1. The number of hydrogen-bond donors (Lipinski definition) is 2. The van der Waals surface area contributed by atoms with E-state index in [4.69, 9.17) is 10.2 Å². The summed E-state index contributed by atoms with van der Waals surface area (Å²) in [6.45, 7) is 1.71. The minimum atomic E-state index is -0.997. The van der Waals surface area contributed by atoms with Gasteiger partial charge >= 0.3 is 0 Å². The average Bonchev–Trinajstić information content (AvgIpc) is 3.24. The van der Waals surface area contributed by atoms with Crippen molar-refractivity contribution < 1.29 is 9.50 Å². The topological polar surface area (TPSA) is 85.1 Å². The molecule has 0 spiro atoms. The number of aromatic nitrogens is 2. The molecule has 2 fully saturated rings. The molecule has 4 rings (SSSR count). The van der Waals surface area contributed by atoms with Gasteiger partial charge in [-0.1, -0.05) is 12.0 Å². The lowest BCUT2D eigenvalue weighted by molar-refractivity contribution is 0.110. The van der Waals surface area contributed by atoms with Crippen molar-refractivity contribution in [2.24, 2.45) is 0 Å². The summed E-state index contributed by atoms with van der Waals surface area (Å²) in [7, 11) is 1.98. The molecular formula is C24H26FN5O. The number of aliphatic hydroxyl groups is 1. The first-order valence-electron chi connectivity index (χ1n) is 10.8. The van der Waals surface area contributed by atoms with E-state index >= 15 is 0 Å². The maximum absolute atomic E-state index is 14.3. The quantitative estimate of drug-likeness (QED) is 0.744. The Morgan fingerprint density at radius 3 is 2.65 bits per heavy atom. The molecule has 0 radical (unpaired) electrons. The van der Waals surface area contributed by atoms with Gasteiger partial charge in [0.1, 0.15) is 34.7 Å². The van der Waals surface area contributed by atoms with Gasteiger partial charge in [-0.3, -0.25) is 0 Å². The Labute approximate surface area is 182 Å². The number of piperidine rings is 1. The van der Waals surface area contributed by atoms with Crippen LogP contribution in [0.2, 0.25) is 0 Å². The highest BCUT2D eigenvalue weighted by Gasteiger charge is 2.29. The zero-order chi connectivity index (χ0) is 21.8. The molecule has 0 bridgehead atoms. The van der Waals surface area contributed by atoms with Gasteiger partial charge in [0, 0.05) is 24.7 Å². The molecule has 160 valence electrons. The molecule has 31 heavy (non-hydrogen) atoms. The molecule has 1 aromatic carbocycles. The Morgan fingerprint density at radius 1 is 1.26 bits per heavy atom. The number of rotatable bonds is 3. The lowest BCUT2D eigenvalue weighted by atomic mass is 10.0. The van der Waals surface area contributed by atoms with Crippen LogP contribution in [-0.4, -0.2) is 46.9 Å². The summed E-state index contributed by atoms with van der Waals surface area (Å²) >= 11 is 0. The van der Waals surface area contributed by atoms with Crippen LogP contribution >= 0.6 is 0 Å². The summed E-state index contributed by atoms with van der Waals surface area (Å²) in [5, 5.41) is 23.0. The molecule has 2 aliphatic rings. The van der Waals surface area contributed by atoms with E-state index < -0.39 is 11.4 Å². The third-order valence-electron chi connectivity index (χ3n) is 6.19. The monoisotopic (exact) mass is 419 g/mol. The van der Waals surface area contributed by atoms with Gasteiger partial charge < -0.3 is 15.3 Å². The molecule has 7 heteroatoms. The van der Waals surface area contributed by atoms with Gasteiger partial charge in [0.15, 0.2) is 0 Å². The van der Waals surface area contributed by atoms with Crippen molar-refractivity contribution in [3.8, 4) is 29.2 Å². The fourth-order valence-electron chi connectivity index (χ4n) is 4.24. The van der Waals surface area contributed by atoms with E-state index in [-0.39, 0.29) is 5.56 Å². The lowest BCUT2D eigenvalue weighted by Crippen LogP contribution is -2.41. The Bertz CT molecular complexity index is 1050. The Hall–Kier alpha value is -3.00. The molecule has 0 unspecified atom stereocenters. The summed E-state index contributed by atoms with van der Waals surface area (Å²) in [4.78, 5) is 11.5. The standard InChI is InChI=1S/C24H26FN5O/c1-27-19-7-12-30(13-8-19)22-16-28-21(6-11-24(31)9-2-3-10-24)23(29-22)17-4-5-18(15-26)20(25)14-17/h4-5,14,16,19,27,31H,2-3,7-10,12-13H2,1H3. The second-order valence-corrected chi connectivity index (χ2v) is 8.27. The van der Waals surface area contributed by atoms with Crippen molar-refractivity contribution in [2.75, 3.05) is 25.0 Å². The molecule has 1 aliphatic heterocycles. The average molecular weight is 420 g/mol. The van der Waals surface area contributed by atoms with Gasteiger partial charge in [-0.2, -0.15) is 5.26 Å². The SMILES string of the molecule is CNC1CCN(c2cnc(C#CC3(O)CCCC3)c(-c3ccc(C#N)c(F)c3)n2)CC1. The van der Waals surface area contributed by atoms with Crippen molar-refractivity contribution in [1.82, 2.24) is 15.3 Å². The molecule has 1 saturated carbocycles. The summed E-state index contributed by atoms with van der Waals surface area (Å²) < 4.78 is 14.3. The van der Waals surface area contributed by atoms with Gasteiger partial charge in [0.05, 0.1) is 11.8 Å². The fourth-order valence-corrected chi connectivity index (χ4v) is 4.24. The van der Waals surface area contributed by atoms with Crippen LogP contribution in [0, 0.1) is 29.0 Å². The fraction of sp³-hybridized carbons (Fsp3) is 0.458. The largest absolute Gasteiger partial charge is 0.378 e. The molecule has 0 atom stereocenters. The molecule has 1 aliphatic carbocycles. The van der Waals surface area contributed by atoms with Gasteiger partial charge in [-0.05, 0) is 63.6 Å². The Kier molecular flexibility index (Phi) is 6.18. The van der Waals surface area contributed by atoms with E-state index in [1.54, 1.807) is 12.3 Å².